The monoisotopic (exact) mass is 299 g/mol. The number of dihydropyridines is 1. The molecule has 22 heavy (non-hydrogen) atoms. The van der Waals surface area contributed by atoms with E-state index in [1.54, 1.807) is 0 Å². The Kier molecular flexibility index (Phi) is 2.91. The van der Waals surface area contributed by atoms with Gasteiger partial charge in [-0.3, -0.25) is 4.79 Å². The van der Waals surface area contributed by atoms with Crippen molar-refractivity contribution in [3.05, 3.63) is 22.7 Å². The van der Waals surface area contributed by atoms with Crippen LogP contribution in [0.15, 0.2) is 32.9 Å². The molecule has 4 nitrogen and oxygen atoms in total. The number of nitrogens with zero attached hydrogens (tertiary/aromatic N) is 2. The first-order valence-corrected chi connectivity index (χ1v) is 8.56. The highest BCUT2D eigenvalue weighted by Gasteiger charge is 2.52. The lowest BCUT2D eigenvalue weighted by atomic mass is 9.56. The number of fused-ring (bicyclic) bond motifs is 2. The van der Waals surface area contributed by atoms with Crippen LogP contribution in [0.3, 0.4) is 0 Å². The van der Waals surface area contributed by atoms with Gasteiger partial charge in [-0.1, -0.05) is 33.6 Å². The highest BCUT2D eigenvalue weighted by atomic mass is 16.1. The third-order valence-electron chi connectivity index (χ3n) is 5.88. The van der Waals surface area contributed by atoms with E-state index in [0.29, 0.717) is 24.7 Å². The van der Waals surface area contributed by atoms with Crippen molar-refractivity contribution >= 4 is 5.78 Å². The molecule has 1 spiro atoms. The molecule has 1 N–H and O–H groups in total. The van der Waals surface area contributed by atoms with Gasteiger partial charge in [0.1, 0.15) is 0 Å². The molecule has 1 fully saturated rings. The fourth-order valence-electron chi connectivity index (χ4n) is 5.12. The largest absolute Gasteiger partial charge is 0.342 e. The molecule has 0 saturated heterocycles. The van der Waals surface area contributed by atoms with Gasteiger partial charge < -0.3 is 5.32 Å². The van der Waals surface area contributed by atoms with Gasteiger partial charge in [0.05, 0.1) is 6.54 Å². The van der Waals surface area contributed by atoms with Crippen LogP contribution in [0.4, 0.5) is 0 Å². The summed E-state index contributed by atoms with van der Waals surface area (Å²) in [5, 5.41) is 12.1. The van der Waals surface area contributed by atoms with E-state index in [1.807, 2.05) is 0 Å². The van der Waals surface area contributed by atoms with Crippen molar-refractivity contribution in [2.45, 2.75) is 59.3 Å². The second-order valence-corrected chi connectivity index (χ2v) is 8.43. The molecular weight excluding hydrogens is 274 g/mol. The van der Waals surface area contributed by atoms with E-state index in [4.69, 9.17) is 0 Å². The van der Waals surface area contributed by atoms with E-state index in [9.17, 15) is 4.79 Å². The number of Topliss-reactive ketones (excluding diaryl/α,β-unsaturated/α-hetero) is 1. The summed E-state index contributed by atoms with van der Waals surface area (Å²) >= 11 is 0. The number of rotatable bonds is 0. The van der Waals surface area contributed by atoms with Crippen molar-refractivity contribution in [3.63, 3.8) is 0 Å². The number of allylic oxidation sites excluding steroid dienone is 2. The third-order valence-corrected chi connectivity index (χ3v) is 5.88. The molecular formula is C18H25N3O. The molecule has 2 atom stereocenters. The van der Waals surface area contributed by atoms with Crippen LogP contribution in [0.5, 0.6) is 0 Å². The summed E-state index contributed by atoms with van der Waals surface area (Å²) in [7, 11) is 0. The number of carbonyl (C=O) groups is 1. The van der Waals surface area contributed by atoms with Gasteiger partial charge in [0.15, 0.2) is 11.6 Å². The molecule has 2 aliphatic carbocycles. The molecule has 0 unspecified atom stereocenters. The predicted molar refractivity (Wildman–Crippen MR) is 85.0 cm³/mol. The second-order valence-electron chi connectivity index (χ2n) is 8.43. The Morgan fingerprint density at radius 1 is 1.27 bits per heavy atom. The van der Waals surface area contributed by atoms with Crippen LogP contribution in [0, 0.1) is 16.7 Å². The molecule has 4 aliphatic rings. The van der Waals surface area contributed by atoms with Crippen molar-refractivity contribution in [1.29, 1.82) is 0 Å². The lowest BCUT2D eigenvalue weighted by molar-refractivity contribution is -0.119. The van der Waals surface area contributed by atoms with Crippen LogP contribution in [-0.4, -0.2) is 12.3 Å². The van der Waals surface area contributed by atoms with Crippen molar-refractivity contribution in [3.8, 4) is 0 Å². The summed E-state index contributed by atoms with van der Waals surface area (Å²) in [6.45, 7) is 7.37. The Morgan fingerprint density at radius 2 is 2.09 bits per heavy atom. The van der Waals surface area contributed by atoms with E-state index < -0.39 is 0 Å². The minimum Gasteiger partial charge on any atom is -0.342 e. The summed E-state index contributed by atoms with van der Waals surface area (Å²) in [4.78, 5) is 13.0. The Morgan fingerprint density at radius 3 is 2.86 bits per heavy atom. The number of hydrogen-bond acceptors (Lipinski definition) is 4. The van der Waals surface area contributed by atoms with E-state index >= 15 is 0 Å². The molecule has 118 valence electrons. The quantitative estimate of drug-likeness (QED) is 0.732. The molecule has 0 aromatic rings. The average molecular weight is 299 g/mol. The van der Waals surface area contributed by atoms with Gasteiger partial charge in [0.2, 0.25) is 0 Å². The molecule has 4 rings (SSSR count). The van der Waals surface area contributed by atoms with Gasteiger partial charge >= 0.3 is 0 Å². The zero-order valence-electron chi connectivity index (χ0n) is 13.8. The zero-order valence-corrected chi connectivity index (χ0v) is 13.8. The topological polar surface area (TPSA) is 53.8 Å². The molecule has 0 aromatic carbocycles. The van der Waals surface area contributed by atoms with E-state index in [0.717, 1.165) is 36.4 Å². The minimum atomic E-state index is -0.0787. The van der Waals surface area contributed by atoms with Gasteiger partial charge in [-0.05, 0) is 30.6 Å². The van der Waals surface area contributed by atoms with E-state index in [2.05, 4.69) is 36.3 Å². The maximum Gasteiger partial charge on any atom is 0.162 e. The lowest BCUT2D eigenvalue weighted by Crippen LogP contribution is -2.45. The number of carbonyl (C=O) groups excluding carboxylic acids is 1. The highest BCUT2D eigenvalue weighted by molar-refractivity contribution is 6.00. The van der Waals surface area contributed by atoms with Crippen LogP contribution < -0.4 is 5.32 Å². The van der Waals surface area contributed by atoms with E-state index in [1.165, 1.54) is 18.4 Å². The summed E-state index contributed by atoms with van der Waals surface area (Å²) in [6, 6.07) is 0. The lowest BCUT2D eigenvalue weighted by Gasteiger charge is -2.48. The second kappa shape index (κ2) is 4.53. The average Bonchev–Trinajstić information content (AvgIpc) is 2.85. The fraction of sp³-hybridized carbons (Fsp3) is 0.722. The SMILES string of the molecule is C[C@@H]1CCC[C@]2(C1)C1=C(N=NC1)NC1=C2C(=O)CC(C)(C)C1. The minimum absolute atomic E-state index is 0.0399. The Balaban J connectivity index is 1.86. The summed E-state index contributed by atoms with van der Waals surface area (Å²) in [6.07, 6.45) is 6.26. The van der Waals surface area contributed by atoms with Crippen LogP contribution in [-0.2, 0) is 4.79 Å². The zero-order chi connectivity index (χ0) is 15.5. The van der Waals surface area contributed by atoms with Crippen LogP contribution in [0.1, 0.15) is 59.3 Å². The third kappa shape index (κ3) is 1.92. The van der Waals surface area contributed by atoms with Gasteiger partial charge in [-0.15, -0.1) is 5.11 Å². The first-order valence-electron chi connectivity index (χ1n) is 8.56. The normalized spacial score (nSPS) is 36.5. The first kappa shape index (κ1) is 14.2. The highest BCUT2D eigenvalue weighted by Crippen LogP contribution is 2.57. The number of azo groups is 1. The maximum atomic E-state index is 13.0. The summed E-state index contributed by atoms with van der Waals surface area (Å²) < 4.78 is 0. The molecule has 4 heteroatoms. The van der Waals surface area contributed by atoms with Crippen molar-refractivity contribution in [2.24, 2.45) is 27.0 Å². The van der Waals surface area contributed by atoms with Gasteiger partial charge in [0.25, 0.3) is 0 Å². The number of nitrogens with one attached hydrogen (secondary N) is 1. The molecule has 0 bridgehead atoms. The van der Waals surface area contributed by atoms with Crippen LogP contribution in [0.25, 0.3) is 0 Å². The predicted octanol–water partition coefficient (Wildman–Crippen LogP) is 4.11. The standard InChI is InChI=1S/C18H25N3O/c1-11-5-4-6-18(7-11)12-10-19-21-16(12)20-13-8-17(2,3)9-14(22)15(13)18/h11,20H,4-10H2,1-3H3/t11-,18+/m1/s1. The smallest absolute Gasteiger partial charge is 0.162 e. The van der Waals surface area contributed by atoms with Crippen LogP contribution >= 0.6 is 0 Å². The van der Waals surface area contributed by atoms with Crippen molar-refractivity contribution < 1.29 is 4.79 Å². The molecule has 0 aromatic heterocycles. The fourth-order valence-corrected chi connectivity index (χ4v) is 5.12. The molecule has 2 heterocycles. The van der Waals surface area contributed by atoms with Gasteiger partial charge in [-0.2, -0.15) is 5.11 Å². The molecule has 0 radical (unpaired) electrons. The Hall–Kier alpha value is -1.45. The summed E-state index contributed by atoms with van der Waals surface area (Å²) in [5.74, 6) is 1.96. The Bertz CT molecular complexity index is 641. The maximum absolute atomic E-state index is 13.0. The van der Waals surface area contributed by atoms with Crippen molar-refractivity contribution in [2.75, 3.05) is 6.54 Å². The molecule has 1 saturated carbocycles. The number of hydrogen-bond donors (Lipinski definition) is 1. The molecule has 2 aliphatic heterocycles. The van der Waals surface area contributed by atoms with Gasteiger partial charge in [0, 0.05) is 28.7 Å². The Labute approximate surface area is 132 Å². The molecule has 0 amide bonds. The number of ketones is 1. The summed E-state index contributed by atoms with van der Waals surface area (Å²) in [5.41, 5.74) is 3.47. The van der Waals surface area contributed by atoms with Crippen LogP contribution in [0.2, 0.25) is 0 Å². The van der Waals surface area contributed by atoms with Gasteiger partial charge in [-0.25, -0.2) is 0 Å². The van der Waals surface area contributed by atoms with Crippen molar-refractivity contribution in [1.82, 2.24) is 5.32 Å². The first-order chi connectivity index (χ1) is 10.4. The van der Waals surface area contributed by atoms with E-state index in [-0.39, 0.29) is 10.8 Å².